The molecule has 3 heterocycles. The molecule has 4 rings (SSSR count). The van der Waals surface area contributed by atoms with Crippen molar-refractivity contribution in [2.24, 2.45) is 5.92 Å². The molecule has 2 aliphatic heterocycles. The third-order valence-electron chi connectivity index (χ3n) is 6.35. The van der Waals surface area contributed by atoms with Gasteiger partial charge in [-0.3, -0.25) is 24.2 Å². The van der Waals surface area contributed by atoms with Crippen LogP contribution in [-0.2, 0) is 16.1 Å². The number of aromatic nitrogens is 1. The number of benzene rings is 1. The average Bonchev–Trinajstić information content (AvgIpc) is 3.46. The number of fused-ring (bicyclic) bond motifs is 2. The molecular weight excluding hydrogens is 525 g/mol. The molecule has 4 amide bonds. The zero-order chi connectivity index (χ0) is 27.6. The predicted octanol–water partition coefficient (Wildman–Crippen LogP) is 1.93. The zero-order valence-electron chi connectivity index (χ0n) is 20.7. The van der Waals surface area contributed by atoms with E-state index in [0.717, 1.165) is 16.9 Å². The Morgan fingerprint density at radius 2 is 1.89 bits per heavy atom. The molecule has 0 unspecified atom stereocenters. The summed E-state index contributed by atoms with van der Waals surface area (Å²) in [5.74, 6) is -5.94. The fraction of sp³-hybridized carbons (Fsp3) is 0.458. The summed E-state index contributed by atoms with van der Waals surface area (Å²) < 4.78 is 41.9. The number of halogens is 3. The largest absolute Gasteiger partial charge is 0.402 e. The molecule has 1 fully saturated rings. The number of hydrogen-bond donors (Lipinski definition) is 3. The Morgan fingerprint density at radius 3 is 2.61 bits per heavy atom. The van der Waals surface area contributed by atoms with Gasteiger partial charge in [0, 0.05) is 32.7 Å². The Kier molecular flexibility index (Phi) is 8.02. The van der Waals surface area contributed by atoms with Crippen LogP contribution < -0.4 is 16.0 Å². The normalized spacial score (nSPS) is 18.3. The van der Waals surface area contributed by atoms with E-state index < -0.39 is 48.3 Å². The topological polar surface area (TPSA) is 124 Å². The Morgan fingerprint density at radius 1 is 1.16 bits per heavy atom. The molecule has 0 spiro atoms. The number of carbonyl (C=O) groups is 4. The van der Waals surface area contributed by atoms with E-state index in [2.05, 4.69) is 20.9 Å². The molecule has 2 aliphatic rings. The van der Waals surface area contributed by atoms with Crippen molar-refractivity contribution in [3.8, 4) is 0 Å². The third-order valence-corrected chi connectivity index (χ3v) is 7.50. The summed E-state index contributed by atoms with van der Waals surface area (Å²) in [5.41, 5.74) is 1.34. The first-order valence-corrected chi connectivity index (χ1v) is 12.9. The summed E-state index contributed by atoms with van der Waals surface area (Å²) in [7, 11) is 0. The molecule has 10 nitrogen and oxygen atoms in total. The van der Waals surface area contributed by atoms with Crippen molar-refractivity contribution in [2.45, 2.75) is 39.0 Å². The number of hydrogen-bond acceptors (Lipinski definition) is 7. The van der Waals surface area contributed by atoms with Crippen LogP contribution in [0.3, 0.4) is 0 Å². The number of nitrogens with one attached hydrogen (secondary N) is 3. The highest BCUT2D eigenvalue weighted by atomic mass is 32.1. The Bertz CT molecular complexity index is 1250. The van der Waals surface area contributed by atoms with Gasteiger partial charge in [-0.15, -0.1) is 11.3 Å². The second kappa shape index (κ2) is 11.1. The first-order valence-electron chi connectivity index (χ1n) is 12.1. The summed E-state index contributed by atoms with van der Waals surface area (Å²) >= 11 is 0.744. The van der Waals surface area contributed by atoms with Crippen LogP contribution in [-0.4, -0.2) is 71.0 Å². The lowest BCUT2D eigenvalue weighted by atomic mass is 9.98. The number of alkyl halides is 3. The lowest BCUT2D eigenvalue weighted by molar-refractivity contribution is -0.182. The monoisotopic (exact) mass is 552 g/mol. The highest BCUT2D eigenvalue weighted by Gasteiger charge is 2.47. The van der Waals surface area contributed by atoms with E-state index in [9.17, 15) is 32.3 Å². The Hall–Kier alpha value is -3.52. The number of thiazole rings is 1. The van der Waals surface area contributed by atoms with Gasteiger partial charge in [0.1, 0.15) is 10.9 Å². The molecule has 1 aromatic heterocycles. The van der Waals surface area contributed by atoms with E-state index in [1.54, 1.807) is 31.2 Å². The molecule has 38 heavy (non-hydrogen) atoms. The fourth-order valence-corrected chi connectivity index (χ4v) is 5.37. The lowest BCUT2D eigenvalue weighted by Crippen LogP contribution is -2.50. The van der Waals surface area contributed by atoms with Gasteiger partial charge in [0.25, 0.3) is 17.7 Å². The summed E-state index contributed by atoms with van der Waals surface area (Å²) in [6.07, 6.45) is -4.29. The van der Waals surface area contributed by atoms with Gasteiger partial charge in [-0.2, -0.15) is 13.2 Å². The van der Waals surface area contributed by atoms with Crippen LogP contribution in [0.2, 0.25) is 0 Å². The van der Waals surface area contributed by atoms with Crippen molar-refractivity contribution >= 4 is 35.0 Å². The Labute approximate surface area is 220 Å². The van der Waals surface area contributed by atoms with Crippen LogP contribution >= 0.6 is 11.3 Å². The number of hydrazine groups is 1. The molecule has 3 N–H and O–H groups in total. The number of amides is 4. The van der Waals surface area contributed by atoms with E-state index in [-0.39, 0.29) is 15.6 Å². The fourth-order valence-electron chi connectivity index (χ4n) is 4.47. The number of aryl methyl sites for hydroxylation is 1. The standard InChI is InChI=1S/C24H27F3N6O4S/c1-3-28-21(36)22-30-13(2)18(38-22)20(35)29-11-16(24(25,26)27)19(34)31-17-15-8-5-4-7-14(15)12-32-9-6-10-33(32)23(17)37/h4-5,7-8,16-17H,3,6,9-12H2,1-2H3,(H,28,36)(H,29,35)(H,31,34)/t16-,17+/m1/s1. The van der Waals surface area contributed by atoms with Crippen LogP contribution in [0.25, 0.3) is 0 Å². The average molecular weight is 553 g/mol. The van der Waals surface area contributed by atoms with E-state index in [1.165, 1.54) is 11.9 Å². The minimum Gasteiger partial charge on any atom is -0.350 e. The highest BCUT2D eigenvalue weighted by molar-refractivity contribution is 7.15. The van der Waals surface area contributed by atoms with Crippen molar-refractivity contribution in [1.82, 2.24) is 31.0 Å². The van der Waals surface area contributed by atoms with Gasteiger partial charge in [-0.25, -0.2) is 9.99 Å². The number of carbonyl (C=O) groups excluding carboxylic acids is 4. The molecule has 0 radical (unpaired) electrons. The first-order chi connectivity index (χ1) is 18.0. The van der Waals surface area contributed by atoms with Gasteiger partial charge in [0.15, 0.2) is 10.9 Å². The highest BCUT2D eigenvalue weighted by Crippen LogP contribution is 2.32. The maximum atomic E-state index is 14.0. The quantitative estimate of drug-likeness (QED) is 0.483. The maximum absolute atomic E-state index is 14.0. The van der Waals surface area contributed by atoms with E-state index in [0.29, 0.717) is 38.2 Å². The lowest BCUT2D eigenvalue weighted by Gasteiger charge is -2.28. The van der Waals surface area contributed by atoms with Gasteiger partial charge in [0.05, 0.1) is 5.69 Å². The van der Waals surface area contributed by atoms with Crippen LogP contribution in [0.1, 0.15) is 55.7 Å². The molecule has 204 valence electrons. The molecule has 2 aromatic rings. The van der Waals surface area contributed by atoms with E-state index in [4.69, 9.17) is 0 Å². The van der Waals surface area contributed by atoms with Crippen molar-refractivity contribution in [2.75, 3.05) is 26.2 Å². The summed E-state index contributed by atoms with van der Waals surface area (Å²) in [6.45, 7) is 3.88. The van der Waals surface area contributed by atoms with Gasteiger partial charge in [-0.1, -0.05) is 24.3 Å². The Balaban J connectivity index is 1.51. The SMILES string of the molecule is CCNC(=O)c1nc(C)c(C(=O)NC[C@H](C(=O)N[C@@H]2C(=O)N3CCCN3Cc3ccccc32)C(F)(F)F)s1. The van der Waals surface area contributed by atoms with E-state index >= 15 is 0 Å². The van der Waals surface area contributed by atoms with Crippen LogP contribution in [0.15, 0.2) is 24.3 Å². The van der Waals surface area contributed by atoms with Crippen molar-refractivity contribution in [3.63, 3.8) is 0 Å². The smallest absolute Gasteiger partial charge is 0.350 e. The van der Waals surface area contributed by atoms with Crippen LogP contribution in [0.5, 0.6) is 0 Å². The number of nitrogens with zero attached hydrogens (tertiary/aromatic N) is 3. The molecule has 0 saturated carbocycles. The number of rotatable bonds is 7. The first kappa shape index (κ1) is 27.5. The van der Waals surface area contributed by atoms with E-state index in [1.807, 2.05) is 5.01 Å². The van der Waals surface area contributed by atoms with Gasteiger partial charge in [0.2, 0.25) is 5.91 Å². The molecular formula is C24H27F3N6O4S. The van der Waals surface area contributed by atoms with Gasteiger partial charge in [-0.05, 0) is 31.4 Å². The van der Waals surface area contributed by atoms with Crippen molar-refractivity contribution < 1.29 is 32.3 Å². The van der Waals surface area contributed by atoms with Crippen LogP contribution in [0, 0.1) is 12.8 Å². The molecule has 0 aliphatic carbocycles. The van der Waals surface area contributed by atoms with Gasteiger partial charge >= 0.3 is 6.18 Å². The second-order valence-corrected chi connectivity index (χ2v) is 9.94. The molecule has 14 heteroatoms. The zero-order valence-corrected chi connectivity index (χ0v) is 21.5. The van der Waals surface area contributed by atoms with Crippen molar-refractivity contribution in [3.05, 3.63) is 51.0 Å². The van der Waals surface area contributed by atoms with Crippen molar-refractivity contribution in [1.29, 1.82) is 0 Å². The maximum Gasteiger partial charge on any atom is 0.402 e. The second-order valence-electron chi connectivity index (χ2n) is 8.94. The van der Waals surface area contributed by atoms with Crippen LogP contribution in [0.4, 0.5) is 13.2 Å². The molecule has 1 aromatic carbocycles. The minimum atomic E-state index is -5.00. The predicted molar refractivity (Wildman–Crippen MR) is 131 cm³/mol. The molecule has 1 saturated heterocycles. The minimum absolute atomic E-state index is 0.00103. The van der Waals surface area contributed by atoms with Gasteiger partial charge < -0.3 is 16.0 Å². The molecule has 0 bridgehead atoms. The summed E-state index contributed by atoms with van der Waals surface area (Å²) in [5, 5.41) is 10.3. The molecule has 2 atom stereocenters. The third kappa shape index (κ3) is 5.65. The summed E-state index contributed by atoms with van der Waals surface area (Å²) in [4.78, 5) is 54.8. The summed E-state index contributed by atoms with van der Waals surface area (Å²) in [6, 6.07) is 5.51.